The second-order valence-electron chi connectivity index (χ2n) is 7.70. The van der Waals surface area contributed by atoms with E-state index in [-0.39, 0.29) is 5.91 Å². The molecule has 2 aromatic rings. The van der Waals surface area contributed by atoms with E-state index in [4.69, 9.17) is 12.2 Å². The van der Waals surface area contributed by atoms with E-state index in [1.54, 1.807) is 0 Å². The minimum absolute atomic E-state index is 0.0742. The van der Waals surface area contributed by atoms with E-state index in [0.29, 0.717) is 6.54 Å². The summed E-state index contributed by atoms with van der Waals surface area (Å²) in [5.41, 5.74) is 5.66. The minimum atomic E-state index is 0.0742. The molecule has 1 amide bonds. The van der Waals surface area contributed by atoms with Crippen LogP contribution in [0.15, 0.2) is 42.5 Å². The smallest absolute Gasteiger partial charge is 0.279 e. The average molecular weight is 412 g/mol. The third-order valence-electron chi connectivity index (χ3n) is 5.60. The highest BCUT2D eigenvalue weighted by Crippen LogP contribution is 2.16. The monoisotopic (exact) mass is 411 g/mol. The zero-order valence-electron chi connectivity index (χ0n) is 17.5. The van der Waals surface area contributed by atoms with Gasteiger partial charge in [-0.05, 0) is 67.4 Å². The molecule has 1 fully saturated rings. The Hall–Kier alpha value is -2.44. The van der Waals surface area contributed by atoms with Crippen molar-refractivity contribution in [1.82, 2.24) is 4.90 Å². The van der Waals surface area contributed by atoms with Crippen molar-refractivity contribution >= 4 is 34.6 Å². The molecule has 6 heteroatoms. The summed E-state index contributed by atoms with van der Waals surface area (Å²) in [5.74, 6) is 0.0742. The van der Waals surface area contributed by atoms with Crippen LogP contribution < -0.4 is 15.5 Å². The molecule has 1 saturated heterocycles. The number of hydrogen-bond acceptors (Lipinski definition) is 2. The fraction of sp³-hybridized carbons (Fsp3) is 0.391. The number of nitrogens with one attached hydrogen (secondary N) is 3. The molecule has 2 aromatic carbocycles. The van der Waals surface area contributed by atoms with Crippen molar-refractivity contribution in [2.24, 2.45) is 0 Å². The number of benzene rings is 2. The molecular weight excluding hydrogens is 380 g/mol. The largest absolute Gasteiger partial charge is 0.338 e. The van der Waals surface area contributed by atoms with Gasteiger partial charge in [-0.2, -0.15) is 0 Å². The van der Waals surface area contributed by atoms with Crippen molar-refractivity contribution in [3.8, 4) is 0 Å². The van der Waals surface area contributed by atoms with Crippen LogP contribution in [0.4, 0.5) is 11.4 Å². The number of thiocarbonyl (C=S) groups is 1. The van der Waals surface area contributed by atoms with Gasteiger partial charge in [-0.25, -0.2) is 0 Å². The maximum Gasteiger partial charge on any atom is 0.279 e. The Morgan fingerprint density at radius 3 is 2.48 bits per heavy atom. The molecule has 5 nitrogen and oxygen atoms in total. The summed E-state index contributed by atoms with van der Waals surface area (Å²) in [6.07, 6.45) is 0.910. The Bertz CT molecular complexity index is 875. The zero-order valence-corrected chi connectivity index (χ0v) is 18.4. The summed E-state index contributed by atoms with van der Waals surface area (Å²) < 4.78 is 0. The molecule has 0 aliphatic carbocycles. The Morgan fingerprint density at radius 2 is 1.79 bits per heavy atom. The van der Waals surface area contributed by atoms with Crippen LogP contribution in [0.2, 0.25) is 0 Å². The first kappa shape index (κ1) is 21.3. The number of hydrogen-bond donors (Lipinski definition) is 3. The lowest BCUT2D eigenvalue weighted by atomic mass is 10.1. The van der Waals surface area contributed by atoms with Gasteiger partial charge in [0.25, 0.3) is 5.91 Å². The van der Waals surface area contributed by atoms with E-state index in [0.717, 1.165) is 49.1 Å². The van der Waals surface area contributed by atoms with E-state index in [9.17, 15) is 4.79 Å². The van der Waals surface area contributed by atoms with Crippen molar-refractivity contribution < 1.29 is 9.69 Å². The average Bonchev–Trinajstić information content (AvgIpc) is 2.71. The SMILES string of the molecule is CCc1ccccc1NC(=O)C[NH+]1CCN(C(=S)Nc2ccc(C)c(C)c2)CC1. The van der Waals surface area contributed by atoms with Crippen molar-refractivity contribution in [3.63, 3.8) is 0 Å². The van der Waals surface area contributed by atoms with Crippen LogP contribution in [-0.4, -0.2) is 48.6 Å². The fourth-order valence-electron chi connectivity index (χ4n) is 3.60. The standard InChI is InChI=1S/C23H30N4OS/c1-4-19-7-5-6-8-21(19)25-22(28)16-26-11-13-27(14-12-26)23(29)24-20-10-9-17(2)18(3)15-20/h5-10,15H,4,11-14,16H2,1-3H3,(H,24,29)(H,25,28)/p+1. The molecule has 1 heterocycles. The number of piperazine rings is 1. The fourth-order valence-corrected chi connectivity index (χ4v) is 3.90. The van der Waals surface area contributed by atoms with Crippen LogP contribution in [0.25, 0.3) is 0 Å². The van der Waals surface area contributed by atoms with Gasteiger partial charge in [-0.3, -0.25) is 4.79 Å². The molecule has 0 atom stereocenters. The number of carbonyl (C=O) groups is 1. The summed E-state index contributed by atoms with van der Waals surface area (Å²) in [7, 11) is 0. The van der Waals surface area contributed by atoms with E-state index < -0.39 is 0 Å². The molecule has 0 unspecified atom stereocenters. The summed E-state index contributed by atoms with van der Waals surface area (Å²) in [4.78, 5) is 16.0. The third-order valence-corrected chi connectivity index (χ3v) is 5.96. The number of carbonyl (C=O) groups excluding carboxylic acids is 1. The normalized spacial score (nSPS) is 14.5. The van der Waals surface area contributed by atoms with Gasteiger partial charge < -0.3 is 20.4 Å². The lowest BCUT2D eigenvalue weighted by Gasteiger charge is -2.33. The second kappa shape index (κ2) is 9.85. The Balaban J connectivity index is 1.46. The number of rotatable bonds is 5. The van der Waals surface area contributed by atoms with Crippen LogP contribution in [0.1, 0.15) is 23.6 Å². The van der Waals surface area contributed by atoms with Gasteiger partial charge in [-0.1, -0.05) is 31.2 Å². The minimum Gasteiger partial charge on any atom is -0.338 e. The van der Waals surface area contributed by atoms with E-state index in [1.165, 1.54) is 21.6 Å². The van der Waals surface area contributed by atoms with E-state index in [2.05, 4.69) is 60.6 Å². The van der Waals surface area contributed by atoms with Gasteiger partial charge in [0.15, 0.2) is 11.7 Å². The van der Waals surface area contributed by atoms with Crippen LogP contribution in [0.5, 0.6) is 0 Å². The van der Waals surface area contributed by atoms with Gasteiger partial charge in [0.1, 0.15) is 0 Å². The molecular formula is C23H31N4OS+. The molecule has 0 radical (unpaired) electrons. The Kier molecular flexibility index (Phi) is 7.23. The lowest BCUT2D eigenvalue weighted by molar-refractivity contribution is -0.895. The first-order chi connectivity index (χ1) is 14.0. The molecule has 0 spiro atoms. The molecule has 0 bridgehead atoms. The molecule has 29 heavy (non-hydrogen) atoms. The predicted molar refractivity (Wildman–Crippen MR) is 124 cm³/mol. The number of amides is 1. The lowest BCUT2D eigenvalue weighted by Crippen LogP contribution is -3.15. The molecule has 0 aromatic heterocycles. The highest BCUT2D eigenvalue weighted by atomic mass is 32.1. The molecule has 0 saturated carbocycles. The van der Waals surface area contributed by atoms with Gasteiger partial charge in [0, 0.05) is 11.4 Å². The van der Waals surface area contributed by atoms with Crippen molar-refractivity contribution in [2.75, 3.05) is 43.4 Å². The first-order valence-electron chi connectivity index (χ1n) is 10.3. The van der Waals surface area contributed by atoms with Crippen LogP contribution in [-0.2, 0) is 11.2 Å². The van der Waals surface area contributed by atoms with Crippen molar-refractivity contribution in [3.05, 3.63) is 59.2 Å². The number of quaternary nitrogens is 1. The Morgan fingerprint density at radius 1 is 1.07 bits per heavy atom. The summed E-state index contributed by atoms with van der Waals surface area (Å²) in [6.45, 7) is 10.3. The van der Waals surface area contributed by atoms with Gasteiger partial charge >= 0.3 is 0 Å². The van der Waals surface area contributed by atoms with Gasteiger partial charge in [0.05, 0.1) is 26.2 Å². The first-order valence-corrected chi connectivity index (χ1v) is 10.7. The van der Waals surface area contributed by atoms with Crippen LogP contribution in [0, 0.1) is 13.8 Å². The predicted octanol–water partition coefficient (Wildman–Crippen LogP) is 2.40. The summed E-state index contributed by atoms with van der Waals surface area (Å²) >= 11 is 5.60. The highest BCUT2D eigenvalue weighted by molar-refractivity contribution is 7.80. The van der Waals surface area contributed by atoms with E-state index in [1.807, 2.05) is 18.2 Å². The van der Waals surface area contributed by atoms with Crippen LogP contribution in [0.3, 0.4) is 0 Å². The summed E-state index contributed by atoms with van der Waals surface area (Å²) in [6, 6.07) is 14.3. The van der Waals surface area contributed by atoms with Crippen molar-refractivity contribution in [1.29, 1.82) is 0 Å². The maximum absolute atomic E-state index is 12.5. The zero-order chi connectivity index (χ0) is 20.8. The Labute approximate surface area is 179 Å². The highest BCUT2D eigenvalue weighted by Gasteiger charge is 2.24. The quantitative estimate of drug-likeness (QED) is 0.662. The second-order valence-corrected chi connectivity index (χ2v) is 8.09. The molecule has 1 aliphatic heterocycles. The maximum atomic E-state index is 12.5. The topological polar surface area (TPSA) is 48.8 Å². The van der Waals surface area contributed by atoms with Gasteiger partial charge in [-0.15, -0.1) is 0 Å². The summed E-state index contributed by atoms with van der Waals surface area (Å²) in [5, 5.41) is 7.18. The number of nitrogens with zero attached hydrogens (tertiary/aromatic N) is 1. The number of aryl methyl sites for hydroxylation is 3. The van der Waals surface area contributed by atoms with E-state index >= 15 is 0 Å². The third kappa shape index (κ3) is 5.78. The van der Waals surface area contributed by atoms with Gasteiger partial charge in [0.2, 0.25) is 0 Å². The molecule has 1 aliphatic rings. The van der Waals surface area contributed by atoms with Crippen molar-refractivity contribution in [2.45, 2.75) is 27.2 Å². The number of para-hydroxylation sites is 1. The van der Waals surface area contributed by atoms with Crippen LogP contribution >= 0.6 is 12.2 Å². The molecule has 3 rings (SSSR count). The molecule has 3 N–H and O–H groups in total. The molecule has 154 valence electrons. The number of anilines is 2.